The summed E-state index contributed by atoms with van der Waals surface area (Å²) in [6.07, 6.45) is 1.72. The summed E-state index contributed by atoms with van der Waals surface area (Å²) < 4.78 is 28.4. The van der Waals surface area contributed by atoms with Crippen LogP contribution in [0.2, 0.25) is 10.0 Å². The van der Waals surface area contributed by atoms with Gasteiger partial charge in [0.2, 0.25) is 11.8 Å². The Morgan fingerprint density at radius 2 is 1.61 bits per heavy atom. The van der Waals surface area contributed by atoms with Gasteiger partial charge in [-0.25, -0.2) is 8.42 Å². The fraction of sp³-hybridized carbons (Fsp3) is 0.286. The number of amides is 2. The Balaban J connectivity index is 1.98. The highest BCUT2D eigenvalue weighted by Gasteiger charge is 2.32. The fourth-order valence-corrected chi connectivity index (χ4v) is 5.52. The molecule has 10 heteroatoms. The summed E-state index contributed by atoms with van der Waals surface area (Å²) in [6, 6.07) is 20.2. The molecular weight excluding hydrogens is 545 g/mol. The number of anilines is 1. The SMILES string of the molecule is CCCCNC(=O)[C@H](C)N(Cc1ccc(Cl)cc1)C(=O)CN(c1cccc(Cl)c1)S(=O)(=O)c1ccccc1. The van der Waals surface area contributed by atoms with Gasteiger partial charge in [0.05, 0.1) is 10.6 Å². The molecule has 2 amide bonds. The average Bonchev–Trinajstić information content (AvgIpc) is 2.91. The largest absolute Gasteiger partial charge is 0.354 e. The van der Waals surface area contributed by atoms with Crippen LogP contribution in [0.5, 0.6) is 0 Å². The molecule has 0 saturated heterocycles. The number of unbranched alkanes of at least 4 members (excludes halogenated alkanes) is 1. The van der Waals surface area contributed by atoms with Crippen molar-refractivity contribution in [3.8, 4) is 0 Å². The van der Waals surface area contributed by atoms with Gasteiger partial charge in [0.25, 0.3) is 10.0 Å². The van der Waals surface area contributed by atoms with Gasteiger partial charge in [-0.2, -0.15) is 0 Å². The van der Waals surface area contributed by atoms with Crippen LogP contribution in [0.4, 0.5) is 5.69 Å². The molecule has 0 aliphatic heterocycles. The van der Waals surface area contributed by atoms with E-state index in [-0.39, 0.29) is 23.0 Å². The highest BCUT2D eigenvalue weighted by atomic mass is 35.5. The van der Waals surface area contributed by atoms with Crippen molar-refractivity contribution in [1.82, 2.24) is 10.2 Å². The van der Waals surface area contributed by atoms with Crippen LogP contribution in [0.25, 0.3) is 0 Å². The molecule has 0 heterocycles. The summed E-state index contributed by atoms with van der Waals surface area (Å²) >= 11 is 12.2. The van der Waals surface area contributed by atoms with E-state index in [2.05, 4.69) is 5.32 Å². The summed E-state index contributed by atoms with van der Waals surface area (Å²) in [5.41, 5.74) is 0.984. The molecule has 0 fully saturated rings. The van der Waals surface area contributed by atoms with Crippen LogP contribution in [-0.4, -0.2) is 44.3 Å². The van der Waals surface area contributed by atoms with Gasteiger partial charge < -0.3 is 10.2 Å². The molecule has 202 valence electrons. The van der Waals surface area contributed by atoms with Crippen molar-refractivity contribution in [1.29, 1.82) is 0 Å². The number of nitrogens with one attached hydrogen (secondary N) is 1. The molecule has 0 radical (unpaired) electrons. The number of carbonyl (C=O) groups is 2. The second-order valence-electron chi connectivity index (χ2n) is 8.77. The number of hydrogen-bond donors (Lipinski definition) is 1. The van der Waals surface area contributed by atoms with Gasteiger partial charge in [0, 0.05) is 23.1 Å². The van der Waals surface area contributed by atoms with Crippen LogP contribution in [-0.2, 0) is 26.2 Å². The first-order valence-corrected chi connectivity index (χ1v) is 14.5. The number of hydrogen-bond acceptors (Lipinski definition) is 4. The molecule has 3 aromatic carbocycles. The predicted molar refractivity (Wildman–Crippen MR) is 152 cm³/mol. The molecule has 0 aromatic heterocycles. The van der Waals surface area contributed by atoms with Crippen molar-refractivity contribution in [2.45, 2.75) is 44.2 Å². The van der Waals surface area contributed by atoms with Gasteiger partial charge in [0.15, 0.2) is 0 Å². The lowest BCUT2D eigenvalue weighted by Gasteiger charge is -2.32. The fourth-order valence-electron chi connectivity index (χ4n) is 3.78. The lowest BCUT2D eigenvalue weighted by Crippen LogP contribution is -2.51. The molecule has 0 saturated carbocycles. The van der Waals surface area contributed by atoms with E-state index in [1.165, 1.54) is 23.1 Å². The smallest absolute Gasteiger partial charge is 0.264 e. The molecule has 0 bridgehead atoms. The Morgan fingerprint density at radius 1 is 0.921 bits per heavy atom. The molecule has 0 unspecified atom stereocenters. The van der Waals surface area contributed by atoms with E-state index in [9.17, 15) is 18.0 Å². The minimum absolute atomic E-state index is 0.0300. The first kappa shape index (κ1) is 29.5. The Hall–Kier alpha value is -3.07. The summed E-state index contributed by atoms with van der Waals surface area (Å²) in [7, 11) is -4.13. The van der Waals surface area contributed by atoms with Crippen LogP contribution in [0.15, 0.2) is 83.8 Å². The predicted octanol–water partition coefficient (Wildman–Crippen LogP) is 5.52. The first-order chi connectivity index (χ1) is 18.1. The van der Waals surface area contributed by atoms with E-state index in [0.29, 0.717) is 16.6 Å². The third-order valence-electron chi connectivity index (χ3n) is 5.97. The van der Waals surface area contributed by atoms with Crippen LogP contribution < -0.4 is 9.62 Å². The van der Waals surface area contributed by atoms with Gasteiger partial charge >= 0.3 is 0 Å². The number of carbonyl (C=O) groups excluding carboxylic acids is 2. The summed E-state index contributed by atoms with van der Waals surface area (Å²) in [6.45, 7) is 3.69. The summed E-state index contributed by atoms with van der Waals surface area (Å²) in [4.78, 5) is 28.2. The standard InChI is InChI=1S/C28H31Cl2N3O4S/c1-3-4-17-31-28(35)21(2)32(19-22-13-15-23(29)16-14-22)27(34)20-33(25-10-8-9-24(30)18-25)38(36,37)26-11-6-5-7-12-26/h5-16,18,21H,3-4,17,19-20H2,1-2H3,(H,31,35)/t21-/m0/s1. The molecular formula is C28H31Cl2N3O4S. The second-order valence-corrected chi connectivity index (χ2v) is 11.5. The lowest BCUT2D eigenvalue weighted by atomic mass is 10.1. The van der Waals surface area contributed by atoms with Crippen LogP contribution in [0.3, 0.4) is 0 Å². The number of rotatable bonds is 12. The Bertz CT molecular complexity index is 1340. The van der Waals surface area contributed by atoms with Gasteiger partial charge in [0.1, 0.15) is 12.6 Å². The Kier molecular flexibility index (Phi) is 10.6. The summed E-state index contributed by atoms with van der Waals surface area (Å²) in [5.74, 6) is -0.862. The topological polar surface area (TPSA) is 86.8 Å². The zero-order chi connectivity index (χ0) is 27.7. The third-order valence-corrected chi connectivity index (χ3v) is 8.24. The normalized spacial score (nSPS) is 12.0. The Labute approximate surface area is 234 Å². The lowest BCUT2D eigenvalue weighted by molar-refractivity contribution is -0.139. The van der Waals surface area contributed by atoms with Crippen molar-refractivity contribution in [3.63, 3.8) is 0 Å². The maximum Gasteiger partial charge on any atom is 0.264 e. The maximum absolute atomic E-state index is 13.8. The minimum Gasteiger partial charge on any atom is -0.354 e. The van der Waals surface area contributed by atoms with Crippen molar-refractivity contribution < 1.29 is 18.0 Å². The van der Waals surface area contributed by atoms with E-state index in [0.717, 1.165) is 22.7 Å². The second kappa shape index (κ2) is 13.6. The minimum atomic E-state index is -4.13. The maximum atomic E-state index is 13.8. The van der Waals surface area contributed by atoms with E-state index < -0.39 is 28.5 Å². The van der Waals surface area contributed by atoms with Gasteiger partial charge in [-0.15, -0.1) is 0 Å². The number of benzene rings is 3. The van der Waals surface area contributed by atoms with E-state index in [1.54, 1.807) is 67.6 Å². The molecule has 3 rings (SSSR count). The number of halogens is 2. The van der Waals surface area contributed by atoms with Gasteiger partial charge in [-0.1, -0.05) is 72.9 Å². The molecule has 1 atom stereocenters. The highest BCUT2D eigenvalue weighted by Crippen LogP contribution is 2.27. The van der Waals surface area contributed by atoms with Crippen LogP contribution in [0, 0.1) is 0 Å². The average molecular weight is 577 g/mol. The molecule has 0 aliphatic rings. The van der Waals surface area contributed by atoms with Crippen LogP contribution >= 0.6 is 23.2 Å². The van der Waals surface area contributed by atoms with Crippen molar-refractivity contribution in [2.75, 3.05) is 17.4 Å². The third kappa shape index (κ3) is 7.72. The molecule has 0 spiro atoms. The molecule has 7 nitrogen and oxygen atoms in total. The van der Waals surface area contributed by atoms with Gasteiger partial charge in [-0.05, 0) is 61.4 Å². The van der Waals surface area contributed by atoms with Gasteiger partial charge in [-0.3, -0.25) is 13.9 Å². The first-order valence-electron chi connectivity index (χ1n) is 12.3. The van der Waals surface area contributed by atoms with E-state index in [1.807, 2.05) is 6.92 Å². The summed E-state index contributed by atoms with van der Waals surface area (Å²) in [5, 5.41) is 3.72. The number of nitrogens with zero attached hydrogens (tertiary/aromatic N) is 2. The van der Waals surface area contributed by atoms with Crippen molar-refractivity contribution in [2.24, 2.45) is 0 Å². The van der Waals surface area contributed by atoms with Crippen LogP contribution in [0.1, 0.15) is 32.3 Å². The van der Waals surface area contributed by atoms with Crippen molar-refractivity contribution >= 4 is 50.7 Å². The monoisotopic (exact) mass is 575 g/mol. The molecule has 3 aromatic rings. The quantitative estimate of drug-likeness (QED) is 0.288. The molecule has 38 heavy (non-hydrogen) atoms. The molecule has 0 aliphatic carbocycles. The van der Waals surface area contributed by atoms with E-state index >= 15 is 0 Å². The zero-order valence-corrected chi connectivity index (χ0v) is 23.6. The zero-order valence-electron chi connectivity index (χ0n) is 21.3. The number of sulfonamides is 1. The van der Waals surface area contributed by atoms with E-state index in [4.69, 9.17) is 23.2 Å². The highest BCUT2D eigenvalue weighted by molar-refractivity contribution is 7.92. The molecule has 1 N–H and O–H groups in total. The van der Waals surface area contributed by atoms with Crippen molar-refractivity contribution in [3.05, 3.63) is 94.5 Å². The Morgan fingerprint density at radius 3 is 2.24 bits per heavy atom.